The Morgan fingerprint density at radius 1 is 1.12 bits per heavy atom. The van der Waals surface area contributed by atoms with E-state index in [1.807, 2.05) is 6.07 Å². The SMILES string of the molecule is CCNC(=NCC(c1ccco1)N1CCCCC1)NC1CCN(C(=O)C2CCCCC2)C1.I. The van der Waals surface area contributed by atoms with Crippen molar-refractivity contribution in [3.63, 3.8) is 0 Å². The summed E-state index contributed by atoms with van der Waals surface area (Å²) in [7, 11) is 0. The normalized spacial score (nSPS) is 23.7. The molecule has 2 aliphatic heterocycles. The predicted molar refractivity (Wildman–Crippen MR) is 143 cm³/mol. The fraction of sp³-hybridized carbons (Fsp3) is 0.760. The molecule has 1 aromatic rings. The first kappa shape index (κ1) is 26.3. The minimum atomic E-state index is 0. The lowest BCUT2D eigenvalue weighted by atomic mass is 9.88. The number of rotatable bonds is 7. The van der Waals surface area contributed by atoms with Gasteiger partial charge in [-0.1, -0.05) is 25.7 Å². The van der Waals surface area contributed by atoms with Crippen LogP contribution in [0.1, 0.15) is 76.5 Å². The molecule has 8 heteroatoms. The van der Waals surface area contributed by atoms with Crippen molar-refractivity contribution in [3.05, 3.63) is 24.2 Å². The van der Waals surface area contributed by atoms with E-state index >= 15 is 0 Å². The third kappa shape index (κ3) is 7.34. The third-order valence-electron chi connectivity index (χ3n) is 7.26. The Labute approximate surface area is 216 Å². The fourth-order valence-corrected chi connectivity index (χ4v) is 5.47. The van der Waals surface area contributed by atoms with E-state index in [1.54, 1.807) is 6.26 Å². The average molecular weight is 572 g/mol. The Balaban J connectivity index is 0.00000306. The summed E-state index contributed by atoms with van der Waals surface area (Å²) >= 11 is 0. The van der Waals surface area contributed by atoms with Gasteiger partial charge in [0.2, 0.25) is 5.91 Å². The van der Waals surface area contributed by atoms with Crippen LogP contribution < -0.4 is 10.6 Å². The molecule has 7 nitrogen and oxygen atoms in total. The third-order valence-corrected chi connectivity index (χ3v) is 7.26. The van der Waals surface area contributed by atoms with Crippen LogP contribution in [0.25, 0.3) is 0 Å². The molecule has 0 bridgehead atoms. The Morgan fingerprint density at radius 3 is 2.58 bits per heavy atom. The van der Waals surface area contributed by atoms with Gasteiger partial charge in [-0.15, -0.1) is 24.0 Å². The summed E-state index contributed by atoms with van der Waals surface area (Å²) in [6.07, 6.45) is 12.4. The summed E-state index contributed by atoms with van der Waals surface area (Å²) in [4.78, 5) is 22.5. The lowest BCUT2D eigenvalue weighted by Crippen LogP contribution is -2.46. The van der Waals surface area contributed by atoms with Gasteiger partial charge >= 0.3 is 0 Å². The molecule has 3 fully saturated rings. The minimum Gasteiger partial charge on any atom is -0.468 e. The molecule has 1 saturated carbocycles. The van der Waals surface area contributed by atoms with E-state index < -0.39 is 0 Å². The maximum Gasteiger partial charge on any atom is 0.225 e. The number of halogens is 1. The van der Waals surface area contributed by atoms with Gasteiger partial charge < -0.3 is 20.0 Å². The van der Waals surface area contributed by atoms with Gasteiger partial charge in [-0.05, 0) is 64.3 Å². The van der Waals surface area contributed by atoms with Crippen LogP contribution in [0.4, 0.5) is 0 Å². The fourth-order valence-electron chi connectivity index (χ4n) is 5.47. The maximum atomic E-state index is 12.9. The second-order valence-electron chi connectivity index (χ2n) is 9.60. The number of nitrogens with one attached hydrogen (secondary N) is 2. The van der Waals surface area contributed by atoms with E-state index in [0.29, 0.717) is 12.5 Å². The monoisotopic (exact) mass is 571 g/mol. The van der Waals surface area contributed by atoms with Gasteiger partial charge in [0.1, 0.15) is 5.76 Å². The molecule has 1 aromatic heterocycles. The second kappa shape index (κ2) is 13.6. The molecule has 1 amide bonds. The molecule has 2 atom stereocenters. The topological polar surface area (TPSA) is 73.1 Å². The van der Waals surface area contributed by atoms with E-state index in [1.165, 1.54) is 38.5 Å². The zero-order valence-electron chi connectivity index (χ0n) is 20.1. The zero-order valence-corrected chi connectivity index (χ0v) is 22.5. The molecule has 186 valence electrons. The van der Waals surface area contributed by atoms with E-state index in [-0.39, 0.29) is 42.0 Å². The second-order valence-corrected chi connectivity index (χ2v) is 9.60. The summed E-state index contributed by atoms with van der Waals surface area (Å²) in [6.45, 7) is 7.43. The molecule has 2 saturated heterocycles. The Bertz CT molecular complexity index is 729. The quantitative estimate of drug-likeness (QED) is 0.292. The molecule has 3 heterocycles. The Kier molecular flexibility index (Phi) is 10.8. The maximum absolute atomic E-state index is 12.9. The smallest absolute Gasteiger partial charge is 0.225 e. The van der Waals surface area contributed by atoms with E-state index in [2.05, 4.69) is 33.4 Å². The molecule has 2 unspecified atom stereocenters. The van der Waals surface area contributed by atoms with Crippen LogP contribution >= 0.6 is 24.0 Å². The van der Waals surface area contributed by atoms with Crippen molar-refractivity contribution in [2.45, 2.75) is 76.8 Å². The van der Waals surface area contributed by atoms with Crippen molar-refractivity contribution in [2.75, 3.05) is 39.3 Å². The molecule has 3 aliphatic rings. The van der Waals surface area contributed by atoms with Crippen molar-refractivity contribution in [1.29, 1.82) is 0 Å². The number of aliphatic imine (C=N–C) groups is 1. The first-order valence-corrected chi connectivity index (χ1v) is 12.9. The molecule has 0 spiro atoms. The first-order valence-electron chi connectivity index (χ1n) is 12.9. The lowest BCUT2D eigenvalue weighted by molar-refractivity contribution is -0.135. The van der Waals surface area contributed by atoms with Gasteiger partial charge in [-0.3, -0.25) is 14.7 Å². The molecule has 0 radical (unpaired) electrons. The van der Waals surface area contributed by atoms with Gasteiger partial charge in [-0.25, -0.2) is 0 Å². The highest BCUT2D eigenvalue weighted by atomic mass is 127. The number of carbonyl (C=O) groups is 1. The summed E-state index contributed by atoms with van der Waals surface area (Å²) < 4.78 is 5.78. The van der Waals surface area contributed by atoms with E-state index in [0.717, 1.165) is 63.7 Å². The van der Waals surface area contributed by atoms with Gasteiger partial charge in [0, 0.05) is 31.6 Å². The number of amides is 1. The highest BCUT2D eigenvalue weighted by Crippen LogP contribution is 2.27. The zero-order chi connectivity index (χ0) is 22.2. The molecule has 0 aromatic carbocycles. The number of hydrogen-bond acceptors (Lipinski definition) is 4. The summed E-state index contributed by atoms with van der Waals surface area (Å²) in [5, 5.41) is 7.01. The molecule has 1 aliphatic carbocycles. The Morgan fingerprint density at radius 2 is 1.88 bits per heavy atom. The molecule has 4 rings (SSSR count). The minimum absolute atomic E-state index is 0. The number of nitrogens with zero attached hydrogens (tertiary/aromatic N) is 3. The Hall–Kier alpha value is -1.29. The molecule has 2 N–H and O–H groups in total. The standard InChI is InChI=1S/C25H41N5O2.HI/c1-2-26-25(27-18-22(23-12-9-17-32-23)29-14-7-4-8-15-29)28-21-13-16-30(19-21)24(31)20-10-5-3-6-11-20;/h9,12,17,20-22H,2-8,10-11,13-16,18-19H2,1H3,(H2,26,27,28);1H. The first-order chi connectivity index (χ1) is 15.7. The van der Waals surface area contributed by atoms with E-state index in [9.17, 15) is 4.79 Å². The van der Waals surface area contributed by atoms with E-state index in [4.69, 9.17) is 9.41 Å². The average Bonchev–Trinajstić information content (AvgIpc) is 3.53. The molecular weight excluding hydrogens is 529 g/mol. The van der Waals surface area contributed by atoms with Crippen LogP contribution in [0.5, 0.6) is 0 Å². The van der Waals surface area contributed by atoms with Crippen LogP contribution in [0.15, 0.2) is 27.8 Å². The van der Waals surface area contributed by atoms with Crippen LogP contribution in [-0.4, -0.2) is 67.0 Å². The van der Waals surface area contributed by atoms with Crippen molar-refractivity contribution in [3.8, 4) is 0 Å². The molecular formula is C25H42IN5O2. The van der Waals surface area contributed by atoms with Crippen molar-refractivity contribution >= 4 is 35.8 Å². The van der Waals surface area contributed by atoms with Crippen LogP contribution in [0.3, 0.4) is 0 Å². The van der Waals surface area contributed by atoms with Gasteiger partial charge in [-0.2, -0.15) is 0 Å². The number of piperidine rings is 1. The number of carbonyl (C=O) groups excluding carboxylic acids is 1. The lowest BCUT2D eigenvalue weighted by Gasteiger charge is -2.32. The molecule has 33 heavy (non-hydrogen) atoms. The van der Waals surface area contributed by atoms with Crippen LogP contribution in [-0.2, 0) is 4.79 Å². The summed E-state index contributed by atoms with van der Waals surface area (Å²) in [5.41, 5.74) is 0. The van der Waals surface area contributed by atoms with Crippen LogP contribution in [0.2, 0.25) is 0 Å². The van der Waals surface area contributed by atoms with Gasteiger partial charge in [0.15, 0.2) is 5.96 Å². The van der Waals surface area contributed by atoms with Crippen molar-refractivity contribution in [1.82, 2.24) is 20.4 Å². The summed E-state index contributed by atoms with van der Waals surface area (Å²) in [6, 6.07) is 4.47. The number of hydrogen-bond donors (Lipinski definition) is 2. The van der Waals surface area contributed by atoms with Crippen molar-refractivity contribution < 1.29 is 9.21 Å². The largest absolute Gasteiger partial charge is 0.468 e. The number of likely N-dealkylation sites (tertiary alicyclic amines) is 2. The predicted octanol–water partition coefficient (Wildman–Crippen LogP) is 4.16. The van der Waals surface area contributed by atoms with Gasteiger partial charge in [0.05, 0.1) is 18.8 Å². The highest BCUT2D eigenvalue weighted by Gasteiger charge is 2.32. The van der Waals surface area contributed by atoms with Gasteiger partial charge in [0.25, 0.3) is 0 Å². The number of furan rings is 1. The summed E-state index contributed by atoms with van der Waals surface area (Å²) in [5.74, 6) is 2.47. The van der Waals surface area contributed by atoms with Crippen LogP contribution in [0, 0.1) is 5.92 Å². The highest BCUT2D eigenvalue weighted by molar-refractivity contribution is 14.0. The van der Waals surface area contributed by atoms with Crippen molar-refractivity contribution in [2.24, 2.45) is 10.9 Å². The number of guanidine groups is 1.